The topological polar surface area (TPSA) is 63.2 Å². The summed E-state index contributed by atoms with van der Waals surface area (Å²) in [6, 6.07) is 10.8. The van der Waals surface area contributed by atoms with Gasteiger partial charge in [0.1, 0.15) is 11.4 Å². The maximum absolute atomic E-state index is 12.3. The molecule has 1 aromatic carbocycles. The molecule has 0 fully saturated rings. The normalized spacial score (nSPS) is 10.9. The van der Waals surface area contributed by atoms with E-state index in [4.69, 9.17) is 4.74 Å². The van der Waals surface area contributed by atoms with Crippen molar-refractivity contribution in [3.05, 3.63) is 48.3 Å². The van der Waals surface area contributed by atoms with E-state index >= 15 is 0 Å². The lowest BCUT2D eigenvalue weighted by Gasteiger charge is -2.22. The van der Waals surface area contributed by atoms with Crippen LogP contribution in [0.2, 0.25) is 0 Å². The average molecular weight is 299 g/mol. The van der Waals surface area contributed by atoms with Crippen LogP contribution in [0, 0.1) is 0 Å². The zero-order valence-electron chi connectivity index (χ0n) is 13.3. The molecule has 0 bridgehead atoms. The van der Waals surface area contributed by atoms with E-state index in [0.29, 0.717) is 17.1 Å². The van der Waals surface area contributed by atoms with Gasteiger partial charge in [-0.2, -0.15) is 0 Å². The van der Waals surface area contributed by atoms with Gasteiger partial charge < -0.3 is 15.4 Å². The molecule has 0 aliphatic carbocycles. The van der Waals surface area contributed by atoms with E-state index in [1.54, 1.807) is 31.5 Å². The van der Waals surface area contributed by atoms with E-state index in [1.807, 2.05) is 18.2 Å². The van der Waals surface area contributed by atoms with Crippen LogP contribution in [0.15, 0.2) is 42.6 Å². The zero-order valence-corrected chi connectivity index (χ0v) is 13.3. The second-order valence-corrected chi connectivity index (χ2v) is 5.96. The summed E-state index contributed by atoms with van der Waals surface area (Å²) in [4.78, 5) is 16.5. The monoisotopic (exact) mass is 299 g/mol. The third-order valence-corrected chi connectivity index (χ3v) is 2.87. The molecule has 0 unspecified atom stereocenters. The molecule has 0 aliphatic heterocycles. The fourth-order valence-corrected chi connectivity index (χ4v) is 2.00. The van der Waals surface area contributed by atoms with Gasteiger partial charge in [0.15, 0.2) is 0 Å². The van der Waals surface area contributed by atoms with Crippen molar-refractivity contribution in [1.29, 1.82) is 0 Å². The second kappa shape index (κ2) is 6.47. The van der Waals surface area contributed by atoms with E-state index in [9.17, 15) is 4.79 Å². The first kappa shape index (κ1) is 15.8. The molecule has 2 rings (SSSR count). The molecule has 116 valence electrons. The second-order valence-electron chi connectivity index (χ2n) is 5.96. The number of ether oxygens (including phenoxy) is 1. The minimum Gasteiger partial charge on any atom is -0.495 e. The fourth-order valence-electron chi connectivity index (χ4n) is 2.00. The molecule has 2 aromatic rings. The van der Waals surface area contributed by atoms with Crippen LogP contribution in [-0.4, -0.2) is 23.5 Å². The molecule has 0 atom stereocenters. The maximum Gasteiger partial charge on any atom is 0.274 e. The van der Waals surface area contributed by atoms with Crippen molar-refractivity contribution < 1.29 is 9.53 Å². The number of carbonyl (C=O) groups is 1. The number of nitrogens with one attached hydrogen (secondary N) is 2. The molecule has 0 saturated carbocycles. The minimum atomic E-state index is -0.276. The Hall–Kier alpha value is -2.56. The van der Waals surface area contributed by atoms with E-state index in [2.05, 4.69) is 36.4 Å². The Kier molecular flexibility index (Phi) is 4.65. The molecular formula is C17H21N3O2. The zero-order chi connectivity index (χ0) is 16.2. The third kappa shape index (κ3) is 4.22. The number of para-hydroxylation sites is 2. The van der Waals surface area contributed by atoms with Gasteiger partial charge in [-0.25, -0.2) is 0 Å². The summed E-state index contributed by atoms with van der Waals surface area (Å²) in [6.45, 7) is 6.17. The van der Waals surface area contributed by atoms with Gasteiger partial charge in [-0.3, -0.25) is 9.78 Å². The number of benzene rings is 1. The molecule has 0 aliphatic rings. The van der Waals surface area contributed by atoms with Crippen LogP contribution >= 0.6 is 0 Å². The number of anilines is 2. The summed E-state index contributed by atoms with van der Waals surface area (Å²) in [5.74, 6) is 0.335. The number of amides is 1. The Balaban J connectivity index is 2.18. The van der Waals surface area contributed by atoms with Gasteiger partial charge in [0, 0.05) is 17.4 Å². The van der Waals surface area contributed by atoms with E-state index in [0.717, 1.165) is 5.69 Å². The van der Waals surface area contributed by atoms with Crippen LogP contribution in [0.25, 0.3) is 0 Å². The van der Waals surface area contributed by atoms with Crippen LogP contribution in [-0.2, 0) is 0 Å². The molecule has 0 radical (unpaired) electrons. The first-order chi connectivity index (χ1) is 10.4. The SMILES string of the molecule is COc1ccccc1NC(=O)c1cc(NC(C)(C)C)ccn1. The van der Waals surface area contributed by atoms with Crippen molar-refractivity contribution in [1.82, 2.24) is 4.98 Å². The lowest BCUT2D eigenvalue weighted by Crippen LogP contribution is -2.26. The molecule has 0 spiro atoms. The van der Waals surface area contributed by atoms with Crippen LogP contribution in [0.5, 0.6) is 5.75 Å². The Morgan fingerprint density at radius 2 is 1.91 bits per heavy atom. The minimum absolute atomic E-state index is 0.0856. The molecule has 0 saturated heterocycles. The van der Waals surface area contributed by atoms with Crippen LogP contribution in [0.1, 0.15) is 31.3 Å². The van der Waals surface area contributed by atoms with Gasteiger partial charge in [-0.15, -0.1) is 0 Å². The highest BCUT2D eigenvalue weighted by atomic mass is 16.5. The van der Waals surface area contributed by atoms with E-state index in [1.165, 1.54) is 0 Å². The molecular weight excluding hydrogens is 278 g/mol. The number of nitrogens with zero attached hydrogens (tertiary/aromatic N) is 1. The average Bonchev–Trinajstić information content (AvgIpc) is 2.46. The summed E-state index contributed by atoms with van der Waals surface area (Å²) in [5, 5.41) is 6.13. The fraction of sp³-hybridized carbons (Fsp3) is 0.294. The Labute approximate surface area is 130 Å². The van der Waals surface area contributed by atoms with Crippen LogP contribution < -0.4 is 15.4 Å². The number of hydrogen-bond acceptors (Lipinski definition) is 4. The van der Waals surface area contributed by atoms with Crippen molar-refractivity contribution in [2.45, 2.75) is 26.3 Å². The van der Waals surface area contributed by atoms with Crippen molar-refractivity contribution in [3.8, 4) is 5.75 Å². The van der Waals surface area contributed by atoms with Gasteiger partial charge >= 0.3 is 0 Å². The molecule has 5 heteroatoms. The molecule has 1 amide bonds. The van der Waals surface area contributed by atoms with Gasteiger partial charge in [0.25, 0.3) is 5.91 Å². The van der Waals surface area contributed by atoms with E-state index in [-0.39, 0.29) is 11.4 Å². The largest absolute Gasteiger partial charge is 0.495 e. The molecule has 5 nitrogen and oxygen atoms in total. The van der Waals surface area contributed by atoms with Gasteiger partial charge in [-0.1, -0.05) is 12.1 Å². The smallest absolute Gasteiger partial charge is 0.274 e. The highest BCUT2D eigenvalue weighted by Gasteiger charge is 2.13. The van der Waals surface area contributed by atoms with Crippen molar-refractivity contribution in [2.75, 3.05) is 17.7 Å². The van der Waals surface area contributed by atoms with Gasteiger partial charge in [0.2, 0.25) is 0 Å². The Morgan fingerprint density at radius 1 is 1.18 bits per heavy atom. The quantitative estimate of drug-likeness (QED) is 0.906. The van der Waals surface area contributed by atoms with Crippen molar-refractivity contribution in [3.63, 3.8) is 0 Å². The summed E-state index contributed by atoms with van der Waals surface area (Å²) in [5.41, 5.74) is 1.73. The molecule has 22 heavy (non-hydrogen) atoms. The number of carbonyl (C=O) groups excluding carboxylic acids is 1. The number of rotatable bonds is 4. The van der Waals surface area contributed by atoms with E-state index < -0.39 is 0 Å². The Morgan fingerprint density at radius 3 is 2.59 bits per heavy atom. The summed E-state index contributed by atoms with van der Waals surface area (Å²) >= 11 is 0. The standard InChI is InChI=1S/C17H21N3O2/c1-17(2,3)20-12-9-10-18-14(11-12)16(21)19-13-7-5-6-8-15(13)22-4/h5-11H,1-4H3,(H,18,20)(H,19,21). The summed E-state index contributed by atoms with van der Waals surface area (Å²) < 4.78 is 5.22. The van der Waals surface area contributed by atoms with Crippen LogP contribution in [0.3, 0.4) is 0 Å². The third-order valence-electron chi connectivity index (χ3n) is 2.87. The summed E-state index contributed by atoms with van der Waals surface area (Å²) in [6.07, 6.45) is 1.62. The number of aromatic nitrogens is 1. The number of methoxy groups -OCH3 is 1. The lowest BCUT2D eigenvalue weighted by molar-refractivity contribution is 0.102. The van der Waals surface area contributed by atoms with Crippen molar-refractivity contribution >= 4 is 17.3 Å². The molecule has 1 aromatic heterocycles. The Bertz CT molecular complexity index is 663. The highest BCUT2D eigenvalue weighted by Crippen LogP contribution is 2.24. The lowest BCUT2D eigenvalue weighted by atomic mass is 10.1. The van der Waals surface area contributed by atoms with Crippen molar-refractivity contribution in [2.24, 2.45) is 0 Å². The molecule has 2 N–H and O–H groups in total. The number of pyridine rings is 1. The van der Waals surface area contributed by atoms with Crippen LogP contribution in [0.4, 0.5) is 11.4 Å². The summed E-state index contributed by atoms with van der Waals surface area (Å²) in [7, 11) is 1.57. The first-order valence-electron chi connectivity index (χ1n) is 7.08. The maximum atomic E-state index is 12.3. The molecule has 1 heterocycles. The predicted molar refractivity (Wildman–Crippen MR) is 88.6 cm³/mol. The van der Waals surface area contributed by atoms with Gasteiger partial charge in [0.05, 0.1) is 12.8 Å². The number of hydrogen-bond donors (Lipinski definition) is 2. The predicted octanol–water partition coefficient (Wildman–Crippen LogP) is 3.55. The highest BCUT2D eigenvalue weighted by molar-refractivity contribution is 6.04. The van der Waals surface area contributed by atoms with Gasteiger partial charge in [-0.05, 0) is 45.0 Å². The first-order valence-corrected chi connectivity index (χ1v) is 7.08.